The number of rotatable bonds is 3. The van der Waals surface area contributed by atoms with Crippen molar-refractivity contribution in [1.82, 2.24) is 14.7 Å². The number of morpholine rings is 1. The highest BCUT2D eigenvalue weighted by atomic mass is 79.9. The van der Waals surface area contributed by atoms with Crippen LogP contribution in [0.3, 0.4) is 0 Å². The van der Waals surface area contributed by atoms with Crippen molar-refractivity contribution in [1.29, 1.82) is 0 Å². The van der Waals surface area contributed by atoms with Gasteiger partial charge in [-0.05, 0) is 49.2 Å². The number of hydrogen-bond acceptors (Lipinski definition) is 3. The first-order valence-corrected chi connectivity index (χ1v) is 9.58. The third-order valence-corrected chi connectivity index (χ3v) is 5.25. The summed E-state index contributed by atoms with van der Waals surface area (Å²) in [4.78, 5) is 4.79. The molecule has 0 amide bonds. The second-order valence-corrected chi connectivity index (χ2v) is 7.74. The second-order valence-electron chi connectivity index (χ2n) is 6.82. The molecule has 1 aliphatic rings. The van der Waals surface area contributed by atoms with Crippen LogP contribution in [-0.4, -0.2) is 35.2 Å². The molecule has 0 spiro atoms. The molecule has 1 unspecified atom stereocenters. The van der Waals surface area contributed by atoms with Gasteiger partial charge >= 0.3 is 0 Å². The van der Waals surface area contributed by atoms with E-state index in [9.17, 15) is 4.39 Å². The summed E-state index contributed by atoms with van der Waals surface area (Å²) in [5.41, 5.74) is 5.07. The molecule has 3 aromatic rings. The fraction of sp³-hybridized carbons (Fsp3) is 0.350. The van der Waals surface area contributed by atoms with Gasteiger partial charge in [-0.25, -0.2) is 9.37 Å². The molecule has 1 aliphatic heterocycles. The lowest BCUT2D eigenvalue weighted by atomic mass is 10.0. The third kappa shape index (κ3) is 3.29. The van der Waals surface area contributed by atoms with E-state index >= 15 is 0 Å². The van der Waals surface area contributed by atoms with Crippen molar-refractivity contribution in [2.45, 2.75) is 26.4 Å². The molecule has 1 aromatic carbocycles. The zero-order valence-electron chi connectivity index (χ0n) is 14.9. The monoisotopic (exact) mass is 417 g/mol. The standard InChI is InChI=1S/C20H21BrFN3O/c1-12-3-5-25-17(10-15-11-23-4-6-26-15)20(24-18(25)7-12)19-13(2)8-14(21)9-16(19)22/h3,5,7-9,15,23H,4,6,10-11H2,1-2H3. The maximum atomic E-state index is 14.8. The molecule has 1 fully saturated rings. The van der Waals surface area contributed by atoms with Crippen molar-refractivity contribution in [2.75, 3.05) is 19.7 Å². The maximum Gasteiger partial charge on any atom is 0.137 e. The molecule has 6 heteroatoms. The number of nitrogens with zero attached hydrogens (tertiary/aromatic N) is 2. The molecule has 136 valence electrons. The van der Waals surface area contributed by atoms with Crippen LogP contribution in [0, 0.1) is 19.7 Å². The van der Waals surface area contributed by atoms with Crippen LogP contribution < -0.4 is 5.32 Å². The lowest BCUT2D eigenvalue weighted by Gasteiger charge is -2.24. The minimum Gasteiger partial charge on any atom is -0.375 e. The number of hydrogen-bond donors (Lipinski definition) is 1. The average molecular weight is 418 g/mol. The Morgan fingerprint density at radius 3 is 2.92 bits per heavy atom. The van der Waals surface area contributed by atoms with E-state index in [1.54, 1.807) is 0 Å². The van der Waals surface area contributed by atoms with Crippen molar-refractivity contribution in [2.24, 2.45) is 0 Å². The summed E-state index contributed by atoms with van der Waals surface area (Å²) in [5.74, 6) is -0.263. The van der Waals surface area contributed by atoms with Crippen LogP contribution in [0.5, 0.6) is 0 Å². The molecule has 0 radical (unpaired) electrons. The van der Waals surface area contributed by atoms with Crippen molar-refractivity contribution < 1.29 is 9.13 Å². The first-order valence-electron chi connectivity index (χ1n) is 8.79. The first kappa shape index (κ1) is 17.6. The predicted octanol–water partition coefficient (Wildman–Crippen LogP) is 4.05. The molecule has 1 N–H and O–H groups in total. The van der Waals surface area contributed by atoms with Gasteiger partial charge in [-0.1, -0.05) is 15.9 Å². The zero-order valence-corrected chi connectivity index (χ0v) is 16.4. The lowest BCUT2D eigenvalue weighted by Crippen LogP contribution is -2.39. The van der Waals surface area contributed by atoms with E-state index in [1.807, 2.05) is 38.2 Å². The smallest absolute Gasteiger partial charge is 0.137 e. The predicted molar refractivity (Wildman–Crippen MR) is 104 cm³/mol. The van der Waals surface area contributed by atoms with Crippen LogP contribution in [0.15, 0.2) is 34.9 Å². The Bertz CT molecular complexity index is 940. The lowest BCUT2D eigenvalue weighted by molar-refractivity contribution is 0.0286. The van der Waals surface area contributed by atoms with Crippen LogP contribution in [-0.2, 0) is 11.2 Å². The zero-order chi connectivity index (χ0) is 18.3. The van der Waals surface area contributed by atoms with E-state index in [0.717, 1.165) is 40.0 Å². The number of halogens is 2. The summed E-state index contributed by atoms with van der Waals surface area (Å²) in [6.07, 6.45) is 2.75. The fourth-order valence-corrected chi connectivity index (χ4v) is 4.11. The number of pyridine rings is 1. The maximum absolute atomic E-state index is 14.8. The van der Waals surface area contributed by atoms with Gasteiger partial charge in [0, 0.05) is 35.7 Å². The quantitative estimate of drug-likeness (QED) is 0.698. The highest BCUT2D eigenvalue weighted by molar-refractivity contribution is 9.10. The molecule has 3 heterocycles. The van der Waals surface area contributed by atoms with E-state index in [1.165, 1.54) is 6.07 Å². The minimum absolute atomic E-state index is 0.0579. The Kier molecular flexibility index (Phi) is 4.82. The normalized spacial score (nSPS) is 17.8. The van der Waals surface area contributed by atoms with E-state index < -0.39 is 0 Å². The number of nitrogens with one attached hydrogen (secondary N) is 1. The summed E-state index contributed by atoms with van der Waals surface area (Å²) in [6, 6.07) is 7.50. The number of benzene rings is 1. The van der Waals surface area contributed by atoms with Gasteiger partial charge in [0.2, 0.25) is 0 Å². The van der Waals surface area contributed by atoms with Gasteiger partial charge in [0.05, 0.1) is 24.1 Å². The van der Waals surface area contributed by atoms with Crippen molar-refractivity contribution in [3.8, 4) is 11.3 Å². The van der Waals surface area contributed by atoms with Gasteiger partial charge in [-0.15, -0.1) is 0 Å². The molecule has 0 aliphatic carbocycles. The molecule has 0 saturated carbocycles. The molecule has 1 saturated heterocycles. The van der Waals surface area contributed by atoms with Crippen LogP contribution in [0.1, 0.15) is 16.8 Å². The van der Waals surface area contributed by atoms with Crippen molar-refractivity contribution >= 4 is 21.6 Å². The molecule has 2 aromatic heterocycles. The van der Waals surface area contributed by atoms with Crippen LogP contribution in [0.2, 0.25) is 0 Å². The summed E-state index contributed by atoms with van der Waals surface area (Å²) in [5, 5.41) is 3.36. The Hall–Kier alpha value is -1.76. The van der Waals surface area contributed by atoms with Crippen molar-refractivity contribution in [3.05, 3.63) is 57.6 Å². The molecule has 1 atom stereocenters. The van der Waals surface area contributed by atoms with Gasteiger partial charge in [0.25, 0.3) is 0 Å². The average Bonchev–Trinajstić information content (AvgIpc) is 2.92. The number of aryl methyl sites for hydroxylation is 2. The molecular weight excluding hydrogens is 397 g/mol. The van der Waals surface area contributed by atoms with Crippen LogP contribution in [0.4, 0.5) is 4.39 Å². The van der Waals surface area contributed by atoms with E-state index in [-0.39, 0.29) is 11.9 Å². The van der Waals surface area contributed by atoms with E-state index in [0.29, 0.717) is 24.3 Å². The molecule has 0 bridgehead atoms. The first-order chi connectivity index (χ1) is 12.5. The molecule has 4 rings (SSSR count). The van der Waals surface area contributed by atoms with Gasteiger partial charge in [-0.2, -0.15) is 0 Å². The van der Waals surface area contributed by atoms with Gasteiger partial charge < -0.3 is 14.5 Å². The number of imidazole rings is 1. The number of fused-ring (bicyclic) bond motifs is 1. The third-order valence-electron chi connectivity index (χ3n) is 4.79. The largest absolute Gasteiger partial charge is 0.375 e. The van der Waals surface area contributed by atoms with Crippen molar-refractivity contribution in [3.63, 3.8) is 0 Å². The Morgan fingerprint density at radius 1 is 1.35 bits per heavy atom. The summed E-state index contributed by atoms with van der Waals surface area (Å²) in [7, 11) is 0. The highest BCUT2D eigenvalue weighted by Crippen LogP contribution is 2.33. The topological polar surface area (TPSA) is 38.6 Å². The van der Waals surface area contributed by atoms with Gasteiger partial charge in [0.15, 0.2) is 0 Å². The summed E-state index contributed by atoms with van der Waals surface area (Å²) < 4.78 is 23.5. The fourth-order valence-electron chi connectivity index (χ4n) is 3.56. The SMILES string of the molecule is Cc1ccn2c(CC3CNCCO3)c(-c3c(C)cc(Br)cc3F)nc2c1. The van der Waals surface area contributed by atoms with Crippen LogP contribution >= 0.6 is 15.9 Å². The minimum atomic E-state index is -0.263. The molecular formula is C20H21BrFN3O. The number of aromatic nitrogens is 2. The van der Waals surface area contributed by atoms with E-state index in [4.69, 9.17) is 9.72 Å². The highest BCUT2D eigenvalue weighted by Gasteiger charge is 2.23. The van der Waals surface area contributed by atoms with Gasteiger partial charge in [0.1, 0.15) is 11.5 Å². The van der Waals surface area contributed by atoms with Crippen LogP contribution in [0.25, 0.3) is 16.9 Å². The Morgan fingerprint density at radius 2 is 2.19 bits per heavy atom. The van der Waals surface area contributed by atoms with Gasteiger partial charge in [-0.3, -0.25) is 0 Å². The Labute approximate surface area is 160 Å². The molecule has 26 heavy (non-hydrogen) atoms. The van der Waals surface area contributed by atoms with E-state index in [2.05, 4.69) is 25.6 Å². The Balaban J connectivity index is 1.89. The second kappa shape index (κ2) is 7.10. The number of ether oxygens (including phenoxy) is 1. The summed E-state index contributed by atoms with van der Waals surface area (Å²) >= 11 is 3.37. The summed E-state index contributed by atoms with van der Waals surface area (Å²) in [6.45, 7) is 6.31. The molecule has 4 nitrogen and oxygen atoms in total.